The summed E-state index contributed by atoms with van der Waals surface area (Å²) in [5.74, 6) is 0.0276. The fraction of sp³-hybridized carbons (Fsp3) is 0.259. The molecule has 6 heteroatoms. The van der Waals surface area contributed by atoms with Crippen molar-refractivity contribution >= 4 is 27.9 Å². The molecule has 1 spiro atoms. The molecule has 2 amide bonds. The molecule has 2 aliphatic heterocycles. The van der Waals surface area contributed by atoms with Crippen molar-refractivity contribution in [2.24, 2.45) is 0 Å². The molecule has 0 aromatic heterocycles. The van der Waals surface area contributed by atoms with E-state index in [9.17, 15) is 9.59 Å². The number of piperidine rings is 1. The molecule has 3 aromatic carbocycles. The zero-order valence-corrected chi connectivity index (χ0v) is 19.8. The molecule has 33 heavy (non-hydrogen) atoms. The lowest BCUT2D eigenvalue weighted by molar-refractivity contribution is 0.00313. The van der Waals surface area contributed by atoms with Crippen LogP contribution < -0.4 is 0 Å². The molecule has 0 N–H and O–H groups in total. The third-order valence-corrected chi connectivity index (χ3v) is 7.00. The maximum Gasteiger partial charge on any atom is 0.410 e. The van der Waals surface area contributed by atoms with Crippen molar-refractivity contribution in [1.82, 2.24) is 9.80 Å². The highest BCUT2D eigenvalue weighted by atomic mass is 79.9. The molecule has 0 bridgehead atoms. The zero-order valence-electron chi connectivity index (χ0n) is 18.2. The topological polar surface area (TPSA) is 49.9 Å². The lowest BCUT2D eigenvalue weighted by Gasteiger charge is -2.37. The Morgan fingerprint density at radius 2 is 1.61 bits per heavy atom. The Morgan fingerprint density at radius 3 is 2.30 bits per heavy atom. The number of benzene rings is 3. The minimum Gasteiger partial charge on any atom is -0.441 e. The number of carbonyl (C=O) groups is 2. The van der Waals surface area contributed by atoms with Gasteiger partial charge < -0.3 is 9.64 Å². The first-order valence-corrected chi connectivity index (χ1v) is 12.0. The van der Waals surface area contributed by atoms with Crippen LogP contribution in [0.1, 0.15) is 28.8 Å². The second-order valence-corrected chi connectivity index (χ2v) is 9.69. The van der Waals surface area contributed by atoms with E-state index in [1.165, 1.54) is 0 Å². The highest BCUT2D eigenvalue weighted by Gasteiger charge is 2.47. The van der Waals surface area contributed by atoms with Gasteiger partial charge in [0.05, 0.1) is 6.54 Å². The van der Waals surface area contributed by atoms with Crippen LogP contribution in [0.25, 0.3) is 11.1 Å². The minimum atomic E-state index is -0.503. The molecule has 3 aromatic rings. The Bertz CT molecular complexity index is 1160. The van der Waals surface area contributed by atoms with Gasteiger partial charge >= 0.3 is 6.09 Å². The summed E-state index contributed by atoms with van der Waals surface area (Å²) in [7, 11) is 0. The Balaban J connectivity index is 1.20. The van der Waals surface area contributed by atoms with Crippen molar-refractivity contribution in [1.29, 1.82) is 0 Å². The largest absolute Gasteiger partial charge is 0.441 e. The van der Waals surface area contributed by atoms with E-state index in [4.69, 9.17) is 4.74 Å². The van der Waals surface area contributed by atoms with Gasteiger partial charge in [0.25, 0.3) is 5.91 Å². The fourth-order valence-electron chi connectivity index (χ4n) is 4.67. The summed E-state index contributed by atoms with van der Waals surface area (Å²) < 4.78 is 6.83. The maximum atomic E-state index is 13.1. The molecule has 0 atom stereocenters. The predicted octanol–water partition coefficient (Wildman–Crippen LogP) is 5.74. The van der Waals surface area contributed by atoms with Gasteiger partial charge in [0.15, 0.2) is 0 Å². The van der Waals surface area contributed by atoms with Crippen LogP contribution in [0.15, 0.2) is 83.3 Å². The van der Waals surface area contributed by atoms with Gasteiger partial charge in [-0.25, -0.2) is 4.79 Å². The number of likely N-dealkylation sites (tertiary alicyclic amines) is 1. The number of hydrogen-bond acceptors (Lipinski definition) is 3. The van der Waals surface area contributed by atoms with Crippen molar-refractivity contribution in [3.8, 4) is 11.1 Å². The lowest BCUT2D eigenvalue weighted by Crippen LogP contribution is -2.48. The molecule has 0 aliphatic carbocycles. The van der Waals surface area contributed by atoms with E-state index in [2.05, 4.69) is 28.1 Å². The quantitative estimate of drug-likeness (QED) is 0.454. The molecule has 2 fully saturated rings. The SMILES string of the molecule is O=C1OC2(CCN(C(=O)c3ccc(-c4ccccc4)cc3)CC2)CN1Cc1cccc(Br)c1. The molecule has 5 nitrogen and oxygen atoms in total. The third kappa shape index (κ3) is 4.67. The first-order valence-electron chi connectivity index (χ1n) is 11.2. The number of ether oxygens (including phenoxy) is 1. The van der Waals surface area contributed by atoms with Crippen molar-refractivity contribution < 1.29 is 14.3 Å². The molecule has 2 saturated heterocycles. The highest BCUT2D eigenvalue weighted by molar-refractivity contribution is 9.10. The average molecular weight is 505 g/mol. The van der Waals surface area contributed by atoms with Crippen LogP contribution in [0.5, 0.6) is 0 Å². The van der Waals surface area contributed by atoms with Gasteiger partial charge in [-0.3, -0.25) is 9.69 Å². The summed E-state index contributed by atoms with van der Waals surface area (Å²) >= 11 is 3.48. The van der Waals surface area contributed by atoms with Crippen molar-refractivity contribution in [2.75, 3.05) is 19.6 Å². The van der Waals surface area contributed by atoms with E-state index >= 15 is 0 Å². The van der Waals surface area contributed by atoms with Crippen LogP contribution in [0.4, 0.5) is 4.79 Å². The van der Waals surface area contributed by atoms with Gasteiger partial charge in [-0.1, -0.05) is 70.5 Å². The van der Waals surface area contributed by atoms with Crippen LogP contribution in [-0.4, -0.2) is 47.0 Å². The van der Waals surface area contributed by atoms with Crippen molar-refractivity contribution in [3.63, 3.8) is 0 Å². The number of nitrogens with zero attached hydrogens (tertiary/aromatic N) is 2. The van der Waals surface area contributed by atoms with Gasteiger partial charge in [-0.2, -0.15) is 0 Å². The van der Waals surface area contributed by atoms with Gasteiger partial charge in [0, 0.05) is 42.5 Å². The Hall–Kier alpha value is -3.12. The van der Waals surface area contributed by atoms with Crippen LogP contribution in [0, 0.1) is 0 Å². The number of rotatable bonds is 4. The van der Waals surface area contributed by atoms with Crippen molar-refractivity contribution in [3.05, 3.63) is 94.5 Å². The first-order chi connectivity index (χ1) is 16.0. The second kappa shape index (κ2) is 9.02. The Morgan fingerprint density at radius 1 is 0.909 bits per heavy atom. The summed E-state index contributed by atoms with van der Waals surface area (Å²) in [6.07, 6.45) is 1.04. The number of hydrogen-bond donors (Lipinski definition) is 0. The van der Waals surface area contributed by atoms with Crippen LogP contribution in [-0.2, 0) is 11.3 Å². The van der Waals surface area contributed by atoms with Crippen molar-refractivity contribution in [2.45, 2.75) is 25.0 Å². The van der Waals surface area contributed by atoms with E-state index in [1.807, 2.05) is 71.6 Å². The molecule has 2 aliphatic rings. The molecule has 0 saturated carbocycles. The Labute approximate surface area is 202 Å². The highest BCUT2D eigenvalue weighted by Crippen LogP contribution is 2.34. The maximum absolute atomic E-state index is 13.1. The fourth-order valence-corrected chi connectivity index (χ4v) is 5.11. The molecule has 0 radical (unpaired) electrons. The second-order valence-electron chi connectivity index (χ2n) is 8.77. The molecular formula is C27H25BrN2O3. The molecular weight excluding hydrogens is 480 g/mol. The Kier molecular flexibility index (Phi) is 5.94. The van der Waals surface area contributed by atoms with E-state index in [1.54, 1.807) is 4.90 Å². The van der Waals surface area contributed by atoms with Gasteiger partial charge in [0.1, 0.15) is 5.60 Å². The van der Waals surface area contributed by atoms with E-state index in [-0.39, 0.29) is 12.0 Å². The smallest absolute Gasteiger partial charge is 0.410 e. The molecule has 5 rings (SSSR count). The molecule has 168 valence electrons. The molecule has 0 unspecified atom stereocenters. The number of amides is 2. The van der Waals surface area contributed by atoms with E-state index in [0.717, 1.165) is 21.2 Å². The first kappa shape index (κ1) is 21.7. The summed E-state index contributed by atoms with van der Waals surface area (Å²) in [4.78, 5) is 29.2. The minimum absolute atomic E-state index is 0.0276. The average Bonchev–Trinajstić information content (AvgIpc) is 3.14. The van der Waals surface area contributed by atoms with Crippen LogP contribution in [0.3, 0.4) is 0 Å². The number of halogens is 1. The van der Waals surface area contributed by atoms with Gasteiger partial charge in [0.2, 0.25) is 0 Å². The van der Waals surface area contributed by atoms with Gasteiger partial charge in [-0.05, 0) is 41.0 Å². The molecule has 2 heterocycles. The van der Waals surface area contributed by atoms with Crippen LogP contribution >= 0.6 is 15.9 Å². The monoisotopic (exact) mass is 504 g/mol. The van der Waals surface area contributed by atoms with E-state index in [0.29, 0.717) is 44.6 Å². The van der Waals surface area contributed by atoms with Crippen LogP contribution in [0.2, 0.25) is 0 Å². The zero-order chi connectivity index (χ0) is 22.8. The predicted molar refractivity (Wildman–Crippen MR) is 131 cm³/mol. The number of carbonyl (C=O) groups excluding carboxylic acids is 2. The summed E-state index contributed by atoms with van der Waals surface area (Å²) in [6, 6.07) is 25.9. The van der Waals surface area contributed by atoms with E-state index < -0.39 is 5.60 Å². The normalized spacial score (nSPS) is 17.3. The summed E-state index contributed by atoms with van der Waals surface area (Å²) in [6.45, 7) is 2.25. The third-order valence-electron chi connectivity index (χ3n) is 6.50. The standard InChI is InChI=1S/C27H25BrN2O3/c28-24-8-4-5-20(17-24)18-30-19-27(33-26(30)32)13-15-29(16-14-27)25(31)23-11-9-22(10-12-23)21-6-2-1-3-7-21/h1-12,17H,13-16,18-19H2. The van der Waals surface area contributed by atoms with Gasteiger partial charge in [-0.15, -0.1) is 0 Å². The summed E-state index contributed by atoms with van der Waals surface area (Å²) in [5, 5.41) is 0. The summed E-state index contributed by atoms with van der Waals surface area (Å²) in [5.41, 5.74) is 3.46. The lowest BCUT2D eigenvalue weighted by atomic mass is 9.91.